The van der Waals surface area contributed by atoms with Gasteiger partial charge in [-0.25, -0.2) is 4.79 Å². The molecule has 0 heterocycles. The molecule has 11 heavy (non-hydrogen) atoms. The molecule has 0 aliphatic heterocycles. The third-order valence-electron chi connectivity index (χ3n) is 1.06. The predicted molar refractivity (Wildman–Crippen MR) is 36.0 cm³/mol. The molecule has 64 valence electrons. The summed E-state index contributed by atoms with van der Waals surface area (Å²) in [7, 11) is 0. The molecule has 0 saturated heterocycles. The molecule has 0 fully saturated rings. The first-order valence-electron chi connectivity index (χ1n) is 3.20. The summed E-state index contributed by atoms with van der Waals surface area (Å²) in [4.78, 5) is 21.3. The van der Waals surface area contributed by atoms with E-state index in [-0.39, 0.29) is 6.61 Å². The minimum absolute atomic E-state index is 0.185. The second kappa shape index (κ2) is 4.81. The molecule has 0 aliphatic rings. The van der Waals surface area contributed by atoms with Crippen LogP contribution in [-0.4, -0.2) is 29.6 Å². The molecular formula is C6H11NO4. The van der Waals surface area contributed by atoms with Crippen molar-refractivity contribution in [2.24, 2.45) is 0 Å². The molecule has 0 bridgehead atoms. The quantitative estimate of drug-likeness (QED) is 0.330. The van der Waals surface area contributed by atoms with Gasteiger partial charge in [0.05, 0.1) is 6.61 Å². The highest BCUT2D eigenvalue weighted by atomic mass is 16.5. The number of hydroxylamine groups is 1. The van der Waals surface area contributed by atoms with Gasteiger partial charge in [-0.1, -0.05) is 0 Å². The van der Waals surface area contributed by atoms with Gasteiger partial charge in [-0.2, -0.15) is 5.48 Å². The first kappa shape index (κ1) is 10.1. The number of nitrogens with one attached hydrogen (secondary N) is 1. The van der Waals surface area contributed by atoms with Gasteiger partial charge in [-0.05, 0) is 13.8 Å². The van der Waals surface area contributed by atoms with Crippen LogP contribution in [0.3, 0.4) is 0 Å². The minimum atomic E-state index is -1.25. The third-order valence-corrected chi connectivity index (χ3v) is 1.06. The molecule has 0 aromatic carbocycles. The van der Waals surface area contributed by atoms with Crippen LogP contribution in [0, 0.1) is 0 Å². The number of hydrogen-bond acceptors (Lipinski definition) is 5. The van der Waals surface area contributed by atoms with E-state index in [4.69, 9.17) is 5.21 Å². The van der Waals surface area contributed by atoms with E-state index in [1.165, 1.54) is 6.92 Å². The second-order valence-corrected chi connectivity index (χ2v) is 1.92. The molecule has 5 heteroatoms. The van der Waals surface area contributed by atoms with Crippen molar-refractivity contribution in [2.75, 3.05) is 6.61 Å². The monoisotopic (exact) mass is 161 g/mol. The first-order chi connectivity index (χ1) is 5.13. The molecule has 1 unspecified atom stereocenters. The van der Waals surface area contributed by atoms with Gasteiger partial charge in [0.25, 0.3) is 0 Å². The Kier molecular flexibility index (Phi) is 4.40. The lowest BCUT2D eigenvalue weighted by atomic mass is 10.2. The van der Waals surface area contributed by atoms with Gasteiger partial charge in [-0.15, -0.1) is 0 Å². The van der Waals surface area contributed by atoms with E-state index >= 15 is 0 Å². The Morgan fingerprint density at radius 2 is 2.18 bits per heavy atom. The fourth-order valence-electron chi connectivity index (χ4n) is 0.535. The van der Waals surface area contributed by atoms with E-state index in [9.17, 15) is 9.59 Å². The van der Waals surface area contributed by atoms with Crippen molar-refractivity contribution in [3.05, 3.63) is 0 Å². The molecule has 0 aromatic heterocycles. The van der Waals surface area contributed by atoms with Crippen LogP contribution in [0.5, 0.6) is 0 Å². The Bertz CT molecular complexity index is 157. The van der Waals surface area contributed by atoms with Crippen molar-refractivity contribution in [1.82, 2.24) is 5.48 Å². The average molecular weight is 161 g/mol. The summed E-state index contributed by atoms with van der Waals surface area (Å²) < 4.78 is 4.47. The number of rotatable bonds is 4. The number of carbonyl (C=O) groups is 2. The zero-order valence-electron chi connectivity index (χ0n) is 6.46. The Labute approximate surface area is 64.3 Å². The second-order valence-electron chi connectivity index (χ2n) is 1.92. The van der Waals surface area contributed by atoms with Crippen molar-refractivity contribution >= 4 is 11.8 Å². The Morgan fingerprint density at radius 1 is 1.64 bits per heavy atom. The summed E-state index contributed by atoms with van der Waals surface area (Å²) in [6.07, 6.45) is 0. The van der Waals surface area contributed by atoms with Crippen LogP contribution in [-0.2, 0) is 14.3 Å². The molecule has 2 N–H and O–H groups in total. The number of ketones is 1. The lowest BCUT2D eigenvalue weighted by molar-refractivity contribution is -0.151. The zero-order chi connectivity index (χ0) is 8.85. The van der Waals surface area contributed by atoms with Crippen molar-refractivity contribution in [2.45, 2.75) is 19.9 Å². The van der Waals surface area contributed by atoms with Gasteiger partial charge < -0.3 is 9.94 Å². The zero-order valence-corrected chi connectivity index (χ0v) is 6.46. The van der Waals surface area contributed by atoms with E-state index in [2.05, 4.69) is 4.74 Å². The van der Waals surface area contributed by atoms with Gasteiger partial charge in [0.1, 0.15) is 0 Å². The predicted octanol–water partition coefficient (Wildman–Crippen LogP) is -0.514. The van der Waals surface area contributed by atoms with E-state index in [0.29, 0.717) is 0 Å². The highest BCUT2D eigenvalue weighted by Gasteiger charge is 2.23. The fraction of sp³-hybridized carbons (Fsp3) is 0.667. The summed E-state index contributed by atoms with van der Waals surface area (Å²) in [5, 5.41) is 8.32. The Balaban J connectivity index is 4.03. The summed E-state index contributed by atoms with van der Waals surface area (Å²) in [6, 6.07) is -1.25. The average Bonchev–Trinajstić information content (AvgIpc) is 1.88. The summed E-state index contributed by atoms with van der Waals surface area (Å²) >= 11 is 0. The number of hydrogen-bond donors (Lipinski definition) is 2. The summed E-state index contributed by atoms with van der Waals surface area (Å²) in [5.74, 6) is -1.24. The maximum absolute atomic E-state index is 10.8. The topological polar surface area (TPSA) is 75.6 Å². The maximum atomic E-state index is 10.8. The normalized spacial score (nSPS) is 12.3. The lowest BCUT2D eigenvalue weighted by Crippen LogP contribution is -2.41. The van der Waals surface area contributed by atoms with Gasteiger partial charge >= 0.3 is 5.97 Å². The highest BCUT2D eigenvalue weighted by molar-refractivity contribution is 6.01. The van der Waals surface area contributed by atoms with Crippen LogP contribution in [0.25, 0.3) is 0 Å². The molecule has 5 nitrogen and oxygen atoms in total. The highest BCUT2D eigenvalue weighted by Crippen LogP contribution is 1.89. The molecule has 0 radical (unpaired) electrons. The van der Waals surface area contributed by atoms with E-state index in [1.54, 1.807) is 12.4 Å². The van der Waals surface area contributed by atoms with Crippen LogP contribution >= 0.6 is 0 Å². The van der Waals surface area contributed by atoms with Crippen LogP contribution in [0.15, 0.2) is 0 Å². The standard InChI is InChI=1S/C6H11NO4/c1-3-11-6(9)5(7-10)4(2)8/h5,7,10H,3H2,1-2H3. The molecule has 0 aliphatic carbocycles. The summed E-state index contributed by atoms with van der Waals surface area (Å²) in [5.41, 5.74) is 1.56. The molecule has 0 rings (SSSR count). The molecule has 0 spiro atoms. The minimum Gasteiger partial charge on any atom is -0.464 e. The number of esters is 1. The van der Waals surface area contributed by atoms with Gasteiger partial charge in [-0.3, -0.25) is 4.79 Å². The van der Waals surface area contributed by atoms with Gasteiger partial charge in [0, 0.05) is 0 Å². The molecule has 0 saturated carbocycles. The number of ether oxygens (including phenoxy) is 1. The summed E-state index contributed by atoms with van der Waals surface area (Å²) in [6.45, 7) is 2.99. The molecular weight excluding hydrogens is 150 g/mol. The van der Waals surface area contributed by atoms with Crippen molar-refractivity contribution in [3.8, 4) is 0 Å². The van der Waals surface area contributed by atoms with Gasteiger partial charge in [0.2, 0.25) is 0 Å². The first-order valence-corrected chi connectivity index (χ1v) is 3.20. The van der Waals surface area contributed by atoms with E-state index in [1.807, 2.05) is 0 Å². The van der Waals surface area contributed by atoms with Crippen molar-refractivity contribution in [3.63, 3.8) is 0 Å². The van der Waals surface area contributed by atoms with Gasteiger partial charge in [0.15, 0.2) is 11.8 Å². The largest absolute Gasteiger partial charge is 0.464 e. The Morgan fingerprint density at radius 3 is 2.45 bits per heavy atom. The van der Waals surface area contributed by atoms with E-state index in [0.717, 1.165) is 0 Å². The third kappa shape index (κ3) is 3.10. The fourth-order valence-corrected chi connectivity index (χ4v) is 0.535. The number of carbonyl (C=O) groups excluding carboxylic acids is 2. The maximum Gasteiger partial charge on any atom is 0.333 e. The molecule has 0 aromatic rings. The molecule has 0 amide bonds. The Hall–Kier alpha value is -0.940. The van der Waals surface area contributed by atoms with Crippen molar-refractivity contribution < 1.29 is 19.5 Å². The van der Waals surface area contributed by atoms with Crippen LogP contribution in [0.4, 0.5) is 0 Å². The number of Topliss-reactive ketones (excluding diaryl/α,β-unsaturated/α-hetero) is 1. The lowest BCUT2D eigenvalue weighted by Gasteiger charge is -2.08. The SMILES string of the molecule is CCOC(=O)C(NO)C(C)=O. The van der Waals surface area contributed by atoms with Crippen molar-refractivity contribution in [1.29, 1.82) is 0 Å². The molecule has 1 atom stereocenters. The van der Waals surface area contributed by atoms with E-state index < -0.39 is 17.8 Å². The van der Waals surface area contributed by atoms with Crippen LogP contribution < -0.4 is 5.48 Å². The van der Waals surface area contributed by atoms with Crippen LogP contribution in [0.1, 0.15) is 13.8 Å². The smallest absolute Gasteiger partial charge is 0.333 e. The van der Waals surface area contributed by atoms with Crippen LogP contribution in [0.2, 0.25) is 0 Å².